The van der Waals surface area contributed by atoms with E-state index < -0.39 is 0 Å². The first-order valence-corrected chi connectivity index (χ1v) is 7.88. The molecule has 0 aliphatic carbocycles. The molecule has 1 unspecified atom stereocenters. The molecule has 0 spiro atoms. The fourth-order valence-corrected chi connectivity index (χ4v) is 2.47. The molecule has 21 heavy (non-hydrogen) atoms. The smallest absolute Gasteiger partial charge is 0.223 e. The molecule has 4 heteroatoms. The number of hydrogen-bond donors (Lipinski definition) is 2. The summed E-state index contributed by atoms with van der Waals surface area (Å²) in [6, 6.07) is 8.53. The van der Waals surface area contributed by atoms with Crippen molar-refractivity contribution in [3.63, 3.8) is 0 Å². The van der Waals surface area contributed by atoms with E-state index in [0.717, 1.165) is 25.3 Å². The van der Waals surface area contributed by atoms with E-state index in [0.29, 0.717) is 25.0 Å². The first-order valence-electron chi connectivity index (χ1n) is 7.88. The van der Waals surface area contributed by atoms with Crippen molar-refractivity contribution in [3.8, 4) is 5.75 Å². The first kappa shape index (κ1) is 15.8. The number of ether oxygens (including phenoxy) is 1. The van der Waals surface area contributed by atoms with Crippen molar-refractivity contribution in [2.45, 2.75) is 45.1 Å². The number of hydrogen-bond acceptors (Lipinski definition) is 3. The van der Waals surface area contributed by atoms with Crippen molar-refractivity contribution in [2.75, 3.05) is 19.7 Å². The predicted octanol–water partition coefficient (Wildman–Crippen LogP) is 2.45. The number of carbonyl (C=O) groups excluding carboxylic acids is 1. The Morgan fingerprint density at radius 1 is 1.38 bits per heavy atom. The molecule has 2 rings (SSSR count). The molecular formula is C17H26N2O2. The highest BCUT2D eigenvalue weighted by molar-refractivity contribution is 5.76. The van der Waals surface area contributed by atoms with E-state index >= 15 is 0 Å². The van der Waals surface area contributed by atoms with Gasteiger partial charge in [-0.25, -0.2) is 0 Å². The van der Waals surface area contributed by atoms with Crippen molar-refractivity contribution in [1.82, 2.24) is 10.6 Å². The fraction of sp³-hybridized carbons (Fsp3) is 0.588. The predicted molar refractivity (Wildman–Crippen MR) is 84.7 cm³/mol. The summed E-state index contributed by atoms with van der Waals surface area (Å²) in [5.41, 5.74) is 1.30. The van der Waals surface area contributed by atoms with Gasteiger partial charge in [-0.3, -0.25) is 4.79 Å². The van der Waals surface area contributed by atoms with Crippen molar-refractivity contribution >= 4 is 5.91 Å². The van der Waals surface area contributed by atoms with Crippen LogP contribution in [0.3, 0.4) is 0 Å². The SMILES string of the molecule is CC(C)c1ccc(OCCC(=O)NCC2CCCN2)cc1. The lowest BCUT2D eigenvalue weighted by atomic mass is 10.0. The summed E-state index contributed by atoms with van der Waals surface area (Å²) in [5.74, 6) is 1.40. The second kappa shape index (κ2) is 8.03. The zero-order valence-electron chi connectivity index (χ0n) is 13.0. The fourth-order valence-electron chi connectivity index (χ4n) is 2.47. The second-order valence-corrected chi connectivity index (χ2v) is 5.92. The molecule has 1 aliphatic rings. The van der Waals surface area contributed by atoms with E-state index in [1.165, 1.54) is 12.0 Å². The van der Waals surface area contributed by atoms with Gasteiger partial charge < -0.3 is 15.4 Å². The molecule has 1 fully saturated rings. The molecule has 0 saturated carbocycles. The van der Waals surface area contributed by atoms with Crippen LogP contribution in [0.4, 0.5) is 0 Å². The topological polar surface area (TPSA) is 50.4 Å². The Morgan fingerprint density at radius 2 is 2.14 bits per heavy atom. The van der Waals surface area contributed by atoms with E-state index in [2.05, 4.69) is 36.6 Å². The minimum atomic E-state index is 0.0579. The number of rotatable bonds is 7. The Morgan fingerprint density at radius 3 is 2.76 bits per heavy atom. The Hall–Kier alpha value is -1.55. The van der Waals surface area contributed by atoms with Crippen LogP contribution < -0.4 is 15.4 Å². The van der Waals surface area contributed by atoms with Crippen LogP contribution >= 0.6 is 0 Å². The van der Waals surface area contributed by atoms with E-state index in [9.17, 15) is 4.79 Å². The summed E-state index contributed by atoms with van der Waals surface area (Å²) in [7, 11) is 0. The lowest BCUT2D eigenvalue weighted by Crippen LogP contribution is -2.37. The molecular weight excluding hydrogens is 264 g/mol. The summed E-state index contributed by atoms with van der Waals surface area (Å²) in [6.45, 7) is 6.54. The summed E-state index contributed by atoms with van der Waals surface area (Å²) in [5, 5.41) is 6.32. The average Bonchev–Trinajstić information content (AvgIpc) is 2.99. The van der Waals surface area contributed by atoms with Gasteiger partial charge in [-0.2, -0.15) is 0 Å². The van der Waals surface area contributed by atoms with E-state index in [1.54, 1.807) is 0 Å². The molecule has 1 aliphatic heterocycles. The molecule has 1 aromatic rings. The van der Waals surface area contributed by atoms with Crippen LogP contribution in [-0.2, 0) is 4.79 Å². The molecule has 4 nitrogen and oxygen atoms in total. The molecule has 2 N–H and O–H groups in total. The summed E-state index contributed by atoms with van der Waals surface area (Å²) in [4.78, 5) is 11.7. The van der Waals surface area contributed by atoms with E-state index in [-0.39, 0.29) is 5.91 Å². The maximum Gasteiger partial charge on any atom is 0.223 e. The molecule has 0 aromatic heterocycles. The Labute approximate surface area is 127 Å². The van der Waals surface area contributed by atoms with Crippen LogP contribution in [0.25, 0.3) is 0 Å². The van der Waals surface area contributed by atoms with Gasteiger partial charge in [0, 0.05) is 12.6 Å². The minimum Gasteiger partial charge on any atom is -0.493 e. The van der Waals surface area contributed by atoms with Crippen LogP contribution in [-0.4, -0.2) is 31.6 Å². The van der Waals surface area contributed by atoms with Gasteiger partial charge in [0.2, 0.25) is 5.91 Å². The molecule has 1 amide bonds. The minimum absolute atomic E-state index is 0.0579. The zero-order chi connectivity index (χ0) is 15.1. The van der Waals surface area contributed by atoms with E-state index in [4.69, 9.17) is 4.74 Å². The van der Waals surface area contributed by atoms with Crippen LogP contribution in [0.15, 0.2) is 24.3 Å². The van der Waals surface area contributed by atoms with Crippen molar-refractivity contribution in [3.05, 3.63) is 29.8 Å². The standard InChI is InChI=1S/C17H26N2O2/c1-13(2)14-5-7-16(8-6-14)21-11-9-17(20)19-12-15-4-3-10-18-15/h5-8,13,15,18H,3-4,9-12H2,1-2H3,(H,19,20). The molecule has 1 aromatic carbocycles. The third kappa shape index (κ3) is 5.38. The van der Waals surface area contributed by atoms with Gasteiger partial charge in [-0.05, 0) is 43.0 Å². The molecule has 1 heterocycles. The lowest BCUT2D eigenvalue weighted by molar-refractivity contribution is -0.121. The van der Waals surface area contributed by atoms with E-state index in [1.807, 2.05) is 12.1 Å². The van der Waals surface area contributed by atoms with Crippen molar-refractivity contribution in [2.24, 2.45) is 0 Å². The summed E-state index contributed by atoms with van der Waals surface area (Å²) >= 11 is 0. The highest BCUT2D eigenvalue weighted by Gasteiger charge is 2.14. The van der Waals surface area contributed by atoms with Crippen LogP contribution in [0.2, 0.25) is 0 Å². The molecule has 0 bridgehead atoms. The average molecular weight is 290 g/mol. The third-order valence-corrected chi connectivity index (χ3v) is 3.85. The third-order valence-electron chi connectivity index (χ3n) is 3.85. The largest absolute Gasteiger partial charge is 0.493 e. The van der Waals surface area contributed by atoms with Gasteiger partial charge in [-0.15, -0.1) is 0 Å². The lowest BCUT2D eigenvalue weighted by Gasteiger charge is -2.12. The van der Waals surface area contributed by atoms with Crippen LogP contribution in [0, 0.1) is 0 Å². The number of nitrogens with one attached hydrogen (secondary N) is 2. The number of benzene rings is 1. The van der Waals surface area contributed by atoms with Crippen molar-refractivity contribution in [1.29, 1.82) is 0 Å². The van der Waals surface area contributed by atoms with Crippen LogP contribution in [0.1, 0.15) is 44.6 Å². The van der Waals surface area contributed by atoms with Gasteiger partial charge in [0.1, 0.15) is 5.75 Å². The summed E-state index contributed by atoms with van der Waals surface area (Å²) in [6.07, 6.45) is 2.76. The molecule has 1 saturated heterocycles. The summed E-state index contributed by atoms with van der Waals surface area (Å²) < 4.78 is 5.61. The molecule has 116 valence electrons. The normalized spacial score (nSPS) is 18.0. The van der Waals surface area contributed by atoms with Crippen LogP contribution in [0.5, 0.6) is 5.75 Å². The zero-order valence-corrected chi connectivity index (χ0v) is 13.0. The van der Waals surface area contributed by atoms with Gasteiger partial charge in [0.15, 0.2) is 0 Å². The Balaban J connectivity index is 1.62. The second-order valence-electron chi connectivity index (χ2n) is 5.92. The van der Waals surface area contributed by atoms with Gasteiger partial charge in [0.05, 0.1) is 13.0 Å². The monoisotopic (exact) mass is 290 g/mol. The van der Waals surface area contributed by atoms with Crippen molar-refractivity contribution < 1.29 is 9.53 Å². The van der Waals surface area contributed by atoms with Gasteiger partial charge in [0.25, 0.3) is 0 Å². The first-order chi connectivity index (χ1) is 10.1. The van der Waals surface area contributed by atoms with Gasteiger partial charge in [-0.1, -0.05) is 26.0 Å². The highest BCUT2D eigenvalue weighted by Crippen LogP contribution is 2.18. The Bertz CT molecular complexity index is 437. The molecule has 0 radical (unpaired) electrons. The molecule has 1 atom stereocenters. The Kier molecular flexibility index (Phi) is 6.05. The van der Waals surface area contributed by atoms with Gasteiger partial charge >= 0.3 is 0 Å². The maximum absolute atomic E-state index is 11.7. The number of carbonyl (C=O) groups is 1. The number of amides is 1. The maximum atomic E-state index is 11.7. The highest BCUT2D eigenvalue weighted by atomic mass is 16.5. The quantitative estimate of drug-likeness (QED) is 0.811.